The van der Waals surface area contributed by atoms with Crippen molar-refractivity contribution in [2.45, 2.75) is 23.9 Å². The molecule has 0 aliphatic rings. The molecular weight excluding hydrogens is 432 g/mol. The molecule has 4 aromatic rings. The van der Waals surface area contributed by atoms with Crippen LogP contribution in [0.4, 0.5) is 8.78 Å². The van der Waals surface area contributed by atoms with E-state index in [0.29, 0.717) is 16.5 Å². The average Bonchev–Trinajstić information content (AvgIpc) is 3.21. The van der Waals surface area contributed by atoms with Gasteiger partial charge in [0.15, 0.2) is 28.3 Å². The molecule has 0 aliphatic carbocycles. The summed E-state index contributed by atoms with van der Waals surface area (Å²) in [6, 6.07) is 21.0. The van der Waals surface area contributed by atoms with E-state index in [4.69, 9.17) is 4.74 Å². The Labute approximate surface area is 188 Å². The smallest absolute Gasteiger partial charge is 0.196 e. The lowest BCUT2D eigenvalue weighted by Crippen LogP contribution is -2.15. The first-order valence-electron chi connectivity index (χ1n) is 9.86. The molecular formula is C24H19F2N3O2S. The number of nitrogens with zero attached hydrogens (tertiary/aromatic N) is 3. The van der Waals surface area contributed by atoms with Crippen molar-refractivity contribution in [3.8, 4) is 11.4 Å². The minimum Gasteiger partial charge on any atom is -0.483 e. The van der Waals surface area contributed by atoms with Crippen molar-refractivity contribution in [1.29, 1.82) is 0 Å². The molecule has 1 heterocycles. The predicted octanol–water partition coefficient (Wildman–Crippen LogP) is 5.49. The Morgan fingerprint density at radius 3 is 2.38 bits per heavy atom. The van der Waals surface area contributed by atoms with Gasteiger partial charge in [-0.15, -0.1) is 10.2 Å². The Balaban J connectivity index is 1.59. The van der Waals surface area contributed by atoms with Gasteiger partial charge in [-0.1, -0.05) is 42.1 Å². The zero-order chi connectivity index (χ0) is 22.5. The number of Topliss-reactive ketones (excluding diaryl/α,β-unsaturated/α-hetero) is 1. The van der Waals surface area contributed by atoms with Gasteiger partial charge in [0.05, 0.1) is 5.25 Å². The number of thioether (sulfide) groups is 1. The Morgan fingerprint density at radius 1 is 0.969 bits per heavy atom. The first-order chi connectivity index (χ1) is 15.5. The average molecular weight is 451 g/mol. The lowest BCUT2D eigenvalue weighted by molar-refractivity contribution is 0.0994. The van der Waals surface area contributed by atoms with E-state index in [2.05, 4.69) is 10.2 Å². The molecule has 1 unspecified atom stereocenters. The molecule has 0 radical (unpaired) electrons. The zero-order valence-corrected chi connectivity index (χ0v) is 17.9. The molecule has 0 saturated carbocycles. The molecule has 5 nitrogen and oxygen atoms in total. The van der Waals surface area contributed by atoms with Gasteiger partial charge in [0.25, 0.3) is 0 Å². The summed E-state index contributed by atoms with van der Waals surface area (Å²) in [5.74, 6) is -0.439. The van der Waals surface area contributed by atoms with Crippen LogP contribution in [0.3, 0.4) is 0 Å². The summed E-state index contributed by atoms with van der Waals surface area (Å²) in [5.41, 5.74) is 1.20. The van der Waals surface area contributed by atoms with Crippen molar-refractivity contribution in [3.05, 3.63) is 102 Å². The van der Waals surface area contributed by atoms with Crippen LogP contribution in [-0.2, 0) is 6.61 Å². The molecule has 0 spiro atoms. The number of aromatic nitrogens is 3. The van der Waals surface area contributed by atoms with Gasteiger partial charge in [0.1, 0.15) is 12.4 Å². The summed E-state index contributed by atoms with van der Waals surface area (Å²) in [6.07, 6.45) is 0. The molecule has 0 N–H and O–H groups in total. The zero-order valence-electron chi connectivity index (χ0n) is 17.1. The molecule has 162 valence electrons. The monoisotopic (exact) mass is 451 g/mol. The number of hydrogen-bond donors (Lipinski definition) is 0. The highest BCUT2D eigenvalue weighted by atomic mass is 32.2. The van der Waals surface area contributed by atoms with Gasteiger partial charge in [0.2, 0.25) is 0 Å². The van der Waals surface area contributed by atoms with Gasteiger partial charge >= 0.3 is 0 Å². The summed E-state index contributed by atoms with van der Waals surface area (Å²) in [7, 11) is 0. The number of ketones is 1. The minimum absolute atomic E-state index is 0.0102. The number of hydrogen-bond acceptors (Lipinski definition) is 5. The summed E-state index contributed by atoms with van der Waals surface area (Å²) in [5, 5.41) is 8.46. The maximum atomic E-state index is 13.9. The van der Waals surface area contributed by atoms with E-state index < -0.39 is 16.9 Å². The van der Waals surface area contributed by atoms with E-state index in [-0.39, 0.29) is 18.1 Å². The standard InChI is InChI=1S/C24H19F2N3O2S/c1-16(23(30)17-11-13-18(25)14-12-17)32-24-28-27-22(29(24)19-7-3-2-4-8-19)15-31-21-10-6-5-9-20(21)26/h2-14,16H,15H2,1H3. The van der Waals surface area contributed by atoms with Crippen LogP contribution in [0, 0.1) is 11.6 Å². The van der Waals surface area contributed by atoms with E-state index in [1.807, 2.05) is 30.3 Å². The lowest BCUT2D eigenvalue weighted by Gasteiger charge is -2.14. The highest BCUT2D eigenvalue weighted by Gasteiger charge is 2.22. The van der Waals surface area contributed by atoms with Crippen molar-refractivity contribution in [1.82, 2.24) is 14.8 Å². The van der Waals surface area contributed by atoms with E-state index in [1.54, 1.807) is 23.6 Å². The van der Waals surface area contributed by atoms with Crippen LogP contribution in [0.2, 0.25) is 0 Å². The van der Waals surface area contributed by atoms with Crippen LogP contribution >= 0.6 is 11.8 Å². The van der Waals surface area contributed by atoms with Gasteiger partial charge in [-0.2, -0.15) is 0 Å². The van der Waals surface area contributed by atoms with Gasteiger partial charge in [-0.25, -0.2) is 8.78 Å². The molecule has 3 aromatic carbocycles. The summed E-state index contributed by atoms with van der Waals surface area (Å²) >= 11 is 1.23. The largest absolute Gasteiger partial charge is 0.483 e. The van der Waals surface area contributed by atoms with Crippen molar-refractivity contribution in [3.63, 3.8) is 0 Å². The SMILES string of the molecule is CC(Sc1nnc(COc2ccccc2F)n1-c1ccccc1)C(=O)c1ccc(F)cc1. The fourth-order valence-corrected chi connectivity index (χ4v) is 4.03. The summed E-state index contributed by atoms with van der Waals surface area (Å²) in [6.45, 7) is 1.75. The summed E-state index contributed by atoms with van der Waals surface area (Å²) < 4.78 is 34.5. The molecule has 1 atom stereocenters. The van der Waals surface area contributed by atoms with Gasteiger partial charge in [0, 0.05) is 11.3 Å². The van der Waals surface area contributed by atoms with Crippen molar-refractivity contribution in [2.75, 3.05) is 0 Å². The third kappa shape index (κ3) is 4.86. The molecule has 0 amide bonds. The quantitative estimate of drug-likeness (QED) is 0.262. The normalized spacial score (nSPS) is 11.8. The minimum atomic E-state index is -0.493. The van der Waals surface area contributed by atoms with E-state index >= 15 is 0 Å². The third-order valence-electron chi connectivity index (χ3n) is 4.69. The number of ether oxygens (including phenoxy) is 1. The Kier molecular flexibility index (Phi) is 6.61. The maximum Gasteiger partial charge on any atom is 0.196 e. The van der Waals surface area contributed by atoms with Crippen molar-refractivity contribution in [2.24, 2.45) is 0 Å². The number of para-hydroxylation sites is 2. The molecule has 0 bridgehead atoms. The van der Waals surface area contributed by atoms with Crippen molar-refractivity contribution < 1.29 is 18.3 Å². The second kappa shape index (κ2) is 9.74. The van der Waals surface area contributed by atoms with E-state index in [1.165, 1.54) is 48.2 Å². The van der Waals surface area contributed by atoms with Crippen LogP contribution in [0.15, 0.2) is 84.0 Å². The molecule has 0 saturated heterocycles. The summed E-state index contributed by atoms with van der Waals surface area (Å²) in [4.78, 5) is 12.8. The molecule has 4 rings (SSSR count). The molecule has 1 aromatic heterocycles. The molecule has 32 heavy (non-hydrogen) atoms. The van der Waals surface area contributed by atoms with Gasteiger partial charge in [-0.05, 0) is 55.5 Å². The molecule has 0 fully saturated rings. The van der Waals surface area contributed by atoms with Gasteiger partial charge in [-0.3, -0.25) is 9.36 Å². The van der Waals surface area contributed by atoms with E-state index in [0.717, 1.165) is 5.69 Å². The highest BCUT2D eigenvalue weighted by molar-refractivity contribution is 8.00. The Hall–Kier alpha value is -3.52. The fraction of sp³-hybridized carbons (Fsp3) is 0.125. The highest BCUT2D eigenvalue weighted by Crippen LogP contribution is 2.28. The van der Waals surface area contributed by atoms with Crippen LogP contribution in [0.25, 0.3) is 5.69 Å². The third-order valence-corrected chi connectivity index (χ3v) is 5.73. The van der Waals surface area contributed by atoms with Crippen LogP contribution in [-0.4, -0.2) is 25.8 Å². The Bertz CT molecular complexity index is 1210. The second-order valence-corrected chi connectivity index (χ2v) is 8.23. The first-order valence-corrected chi connectivity index (χ1v) is 10.7. The number of halogens is 2. The molecule has 0 aliphatic heterocycles. The fourth-order valence-electron chi connectivity index (χ4n) is 3.07. The van der Waals surface area contributed by atoms with Crippen molar-refractivity contribution >= 4 is 17.5 Å². The number of benzene rings is 3. The van der Waals surface area contributed by atoms with Crippen LogP contribution in [0.1, 0.15) is 23.1 Å². The number of rotatable bonds is 8. The van der Waals surface area contributed by atoms with E-state index in [9.17, 15) is 13.6 Å². The lowest BCUT2D eigenvalue weighted by atomic mass is 10.1. The first kappa shape index (κ1) is 21.7. The maximum absolute atomic E-state index is 13.9. The van der Waals surface area contributed by atoms with Crippen LogP contribution < -0.4 is 4.74 Å². The van der Waals surface area contributed by atoms with Crippen LogP contribution in [0.5, 0.6) is 5.75 Å². The number of carbonyl (C=O) groups is 1. The molecule has 8 heteroatoms. The van der Waals surface area contributed by atoms with Gasteiger partial charge < -0.3 is 4.74 Å². The number of carbonyl (C=O) groups excluding carboxylic acids is 1. The second-order valence-electron chi connectivity index (χ2n) is 6.92. The topological polar surface area (TPSA) is 57.0 Å². The Morgan fingerprint density at radius 2 is 1.66 bits per heavy atom. The predicted molar refractivity (Wildman–Crippen MR) is 118 cm³/mol.